The first-order chi connectivity index (χ1) is 11.0. The third kappa shape index (κ3) is 2.70. The number of rotatable bonds is 2. The quantitative estimate of drug-likeness (QED) is 0.924. The predicted molar refractivity (Wildman–Crippen MR) is 84.1 cm³/mol. The van der Waals surface area contributed by atoms with E-state index in [1.54, 1.807) is 29.2 Å². The highest BCUT2D eigenvalue weighted by atomic mass is 19.1. The van der Waals surface area contributed by atoms with Crippen molar-refractivity contribution < 1.29 is 19.1 Å². The molecule has 0 radical (unpaired) electrons. The Hall–Kier alpha value is -2.69. The molecule has 0 bridgehead atoms. The topological polar surface area (TPSA) is 57.6 Å². The molecule has 1 heterocycles. The van der Waals surface area contributed by atoms with Crippen LogP contribution in [0, 0.1) is 5.82 Å². The van der Waals surface area contributed by atoms with E-state index in [1.165, 1.54) is 24.3 Å². The molecule has 0 unspecified atom stereocenters. The first kappa shape index (κ1) is 15.2. The summed E-state index contributed by atoms with van der Waals surface area (Å²) in [6.07, 6.45) is 0.347. The molecular weight excluding hydrogens is 297 g/mol. The summed E-state index contributed by atoms with van der Waals surface area (Å²) in [5.41, 5.74) is 1.61. The van der Waals surface area contributed by atoms with E-state index in [9.17, 15) is 19.1 Å². The molecular formula is C18H16FNO3. The molecule has 0 aromatic heterocycles. The van der Waals surface area contributed by atoms with Crippen LogP contribution >= 0.6 is 0 Å². The van der Waals surface area contributed by atoms with Crippen molar-refractivity contribution in [2.75, 3.05) is 4.90 Å². The van der Waals surface area contributed by atoms with Gasteiger partial charge >= 0.3 is 5.97 Å². The number of hydrogen-bond donors (Lipinski definition) is 1. The van der Waals surface area contributed by atoms with Crippen LogP contribution in [0.25, 0.3) is 0 Å². The largest absolute Gasteiger partial charge is 0.481 e. The van der Waals surface area contributed by atoms with Crippen LogP contribution in [-0.4, -0.2) is 23.0 Å². The fourth-order valence-corrected chi connectivity index (χ4v) is 3.09. The van der Waals surface area contributed by atoms with Gasteiger partial charge in [-0.15, -0.1) is 0 Å². The highest BCUT2D eigenvalue weighted by molar-refractivity contribution is 6.07. The molecule has 2 atom stereocenters. The zero-order valence-corrected chi connectivity index (χ0v) is 12.6. The van der Waals surface area contributed by atoms with Gasteiger partial charge in [0.25, 0.3) is 5.91 Å². The summed E-state index contributed by atoms with van der Waals surface area (Å²) in [6.45, 7) is 1.83. The molecule has 1 N–H and O–H groups in total. The number of halogens is 1. The van der Waals surface area contributed by atoms with Gasteiger partial charge in [0.15, 0.2) is 0 Å². The fourth-order valence-electron chi connectivity index (χ4n) is 3.09. The van der Waals surface area contributed by atoms with Gasteiger partial charge in [-0.2, -0.15) is 0 Å². The Morgan fingerprint density at radius 3 is 2.43 bits per heavy atom. The van der Waals surface area contributed by atoms with E-state index in [0.717, 1.165) is 0 Å². The number of carbonyl (C=O) groups excluding carboxylic acids is 1. The molecule has 118 valence electrons. The maximum absolute atomic E-state index is 13.1. The summed E-state index contributed by atoms with van der Waals surface area (Å²) >= 11 is 0. The number of carboxylic acid groups (broad SMARTS) is 1. The third-order valence-electron chi connectivity index (χ3n) is 4.20. The van der Waals surface area contributed by atoms with Gasteiger partial charge in [0, 0.05) is 17.3 Å². The third-order valence-corrected chi connectivity index (χ3v) is 4.20. The summed E-state index contributed by atoms with van der Waals surface area (Å²) in [7, 11) is 0. The second-order valence-corrected chi connectivity index (χ2v) is 5.72. The summed E-state index contributed by atoms with van der Waals surface area (Å²) in [6, 6.07) is 12.1. The number of hydrogen-bond acceptors (Lipinski definition) is 2. The Kier molecular flexibility index (Phi) is 3.86. The van der Waals surface area contributed by atoms with E-state index in [2.05, 4.69) is 0 Å². The number of carboxylic acids is 1. The number of benzene rings is 2. The van der Waals surface area contributed by atoms with Gasteiger partial charge in [-0.1, -0.05) is 18.2 Å². The van der Waals surface area contributed by atoms with Crippen molar-refractivity contribution in [3.8, 4) is 0 Å². The Bertz CT molecular complexity index is 757. The van der Waals surface area contributed by atoms with E-state index in [4.69, 9.17) is 0 Å². The van der Waals surface area contributed by atoms with Crippen LogP contribution < -0.4 is 4.90 Å². The second-order valence-electron chi connectivity index (χ2n) is 5.72. The first-order valence-electron chi connectivity index (χ1n) is 7.40. The smallest absolute Gasteiger partial charge is 0.311 e. The normalized spacial score (nSPS) is 20.0. The molecule has 0 saturated heterocycles. The molecule has 5 heteroatoms. The number of para-hydroxylation sites is 1. The van der Waals surface area contributed by atoms with Gasteiger partial charge in [-0.05, 0) is 49.2 Å². The first-order valence-corrected chi connectivity index (χ1v) is 7.40. The van der Waals surface area contributed by atoms with Crippen LogP contribution in [0.4, 0.5) is 10.1 Å². The lowest BCUT2D eigenvalue weighted by Gasteiger charge is -2.38. The second kappa shape index (κ2) is 5.83. The van der Waals surface area contributed by atoms with Crippen molar-refractivity contribution in [1.29, 1.82) is 0 Å². The van der Waals surface area contributed by atoms with E-state index in [1.807, 2.05) is 6.92 Å². The SMILES string of the molecule is C[C@H]1C[C@H](C(=O)O)c2ccccc2N1C(=O)c1ccc(F)cc1. The Labute approximate surface area is 133 Å². The van der Waals surface area contributed by atoms with Crippen molar-refractivity contribution in [1.82, 2.24) is 0 Å². The van der Waals surface area contributed by atoms with E-state index >= 15 is 0 Å². The molecule has 1 aliphatic heterocycles. The van der Waals surface area contributed by atoms with E-state index < -0.39 is 17.7 Å². The fraction of sp³-hybridized carbons (Fsp3) is 0.222. The lowest BCUT2D eigenvalue weighted by Crippen LogP contribution is -2.44. The van der Waals surface area contributed by atoms with Crippen LogP contribution in [0.5, 0.6) is 0 Å². The molecule has 2 aromatic carbocycles. The molecule has 1 amide bonds. The Morgan fingerprint density at radius 1 is 1.13 bits per heavy atom. The zero-order valence-electron chi connectivity index (χ0n) is 12.6. The standard InChI is InChI=1S/C18H16FNO3/c1-11-10-15(18(22)23)14-4-2-3-5-16(14)20(11)17(21)12-6-8-13(19)9-7-12/h2-9,11,15H,10H2,1H3,(H,22,23)/t11-,15-/m0/s1. The number of carbonyl (C=O) groups is 2. The minimum atomic E-state index is -0.891. The van der Waals surface area contributed by atoms with Gasteiger partial charge in [-0.3, -0.25) is 9.59 Å². The molecule has 4 nitrogen and oxygen atoms in total. The lowest BCUT2D eigenvalue weighted by molar-refractivity contribution is -0.139. The molecule has 3 rings (SSSR count). The summed E-state index contributed by atoms with van der Waals surface area (Å²) in [4.78, 5) is 25.9. The number of nitrogens with zero attached hydrogens (tertiary/aromatic N) is 1. The maximum atomic E-state index is 13.1. The predicted octanol–water partition coefficient (Wildman–Crippen LogP) is 3.43. The van der Waals surface area contributed by atoms with Crippen molar-refractivity contribution in [3.63, 3.8) is 0 Å². The summed E-state index contributed by atoms with van der Waals surface area (Å²) < 4.78 is 13.1. The average Bonchev–Trinajstić information content (AvgIpc) is 2.54. The average molecular weight is 313 g/mol. The Balaban J connectivity index is 2.05. The highest BCUT2D eigenvalue weighted by Crippen LogP contribution is 2.39. The molecule has 23 heavy (non-hydrogen) atoms. The molecule has 0 aliphatic carbocycles. The van der Waals surface area contributed by atoms with Crippen LogP contribution in [-0.2, 0) is 4.79 Å². The molecule has 2 aromatic rings. The van der Waals surface area contributed by atoms with Crippen LogP contribution in [0.2, 0.25) is 0 Å². The number of aliphatic carboxylic acids is 1. The zero-order chi connectivity index (χ0) is 16.6. The van der Waals surface area contributed by atoms with Gasteiger partial charge in [0.05, 0.1) is 5.92 Å². The monoisotopic (exact) mass is 313 g/mol. The van der Waals surface area contributed by atoms with Crippen molar-refractivity contribution >= 4 is 17.6 Å². The van der Waals surface area contributed by atoms with Crippen LogP contribution in [0.3, 0.4) is 0 Å². The van der Waals surface area contributed by atoms with Crippen LogP contribution in [0.15, 0.2) is 48.5 Å². The molecule has 0 saturated carbocycles. The lowest BCUT2D eigenvalue weighted by atomic mass is 9.85. The minimum absolute atomic E-state index is 0.256. The van der Waals surface area contributed by atoms with E-state index in [-0.39, 0.29) is 11.9 Å². The Morgan fingerprint density at radius 2 is 1.78 bits per heavy atom. The highest BCUT2D eigenvalue weighted by Gasteiger charge is 2.37. The van der Waals surface area contributed by atoms with Gasteiger partial charge in [-0.25, -0.2) is 4.39 Å². The van der Waals surface area contributed by atoms with Gasteiger partial charge < -0.3 is 10.0 Å². The molecule has 0 fully saturated rings. The van der Waals surface area contributed by atoms with E-state index in [0.29, 0.717) is 23.2 Å². The van der Waals surface area contributed by atoms with Crippen molar-refractivity contribution in [2.24, 2.45) is 0 Å². The van der Waals surface area contributed by atoms with Gasteiger partial charge in [0.2, 0.25) is 0 Å². The van der Waals surface area contributed by atoms with Crippen molar-refractivity contribution in [3.05, 3.63) is 65.5 Å². The minimum Gasteiger partial charge on any atom is -0.481 e. The molecule has 1 aliphatic rings. The maximum Gasteiger partial charge on any atom is 0.311 e. The number of amides is 1. The molecule has 0 spiro atoms. The number of anilines is 1. The van der Waals surface area contributed by atoms with Crippen LogP contribution in [0.1, 0.15) is 35.2 Å². The summed E-state index contributed by atoms with van der Waals surface area (Å²) in [5, 5.41) is 9.43. The van der Waals surface area contributed by atoms with Crippen molar-refractivity contribution in [2.45, 2.75) is 25.3 Å². The summed E-state index contributed by atoms with van der Waals surface area (Å²) in [5.74, 6) is -2.18. The van der Waals surface area contributed by atoms with Gasteiger partial charge in [0.1, 0.15) is 5.82 Å². The number of fused-ring (bicyclic) bond motifs is 1.